The Labute approximate surface area is 143 Å². The van der Waals surface area contributed by atoms with Gasteiger partial charge in [0, 0.05) is 23.4 Å². The molecule has 2 aromatic carbocycles. The molecular formula is C20H22N4. The molecule has 0 saturated heterocycles. The molecule has 0 amide bonds. The Hall–Kier alpha value is -2.88. The fraction of sp³-hybridized carbons (Fsp3) is 0.200. The van der Waals surface area contributed by atoms with E-state index in [4.69, 9.17) is 0 Å². The maximum atomic E-state index is 4.69. The number of hydrogen-bond donors (Lipinski definition) is 2. The Morgan fingerprint density at radius 1 is 0.833 bits per heavy atom. The van der Waals surface area contributed by atoms with Crippen LogP contribution in [0.15, 0.2) is 60.7 Å². The summed E-state index contributed by atoms with van der Waals surface area (Å²) in [6.45, 7) is 6.27. The lowest BCUT2D eigenvalue weighted by Gasteiger charge is -2.14. The summed E-state index contributed by atoms with van der Waals surface area (Å²) in [7, 11) is 0. The third-order valence-electron chi connectivity index (χ3n) is 3.60. The van der Waals surface area contributed by atoms with Crippen molar-refractivity contribution in [3.63, 3.8) is 0 Å². The highest BCUT2D eigenvalue weighted by molar-refractivity contribution is 5.66. The minimum Gasteiger partial charge on any atom is -0.368 e. The SMILES string of the molecule is Cc1ccccc1Nc1cc(NC(C)C)nc(-c2ccccc2)n1. The van der Waals surface area contributed by atoms with Crippen LogP contribution in [0.25, 0.3) is 11.4 Å². The van der Waals surface area contributed by atoms with Crippen LogP contribution in [0.4, 0.5) is 17.3 Å². The predicted octanol–water partition coefficient (Wildman–Crippen LogP) is 5.02. The maximum Gasteiger partial charge on any atom is 0.163 e. The average Bonchev–Trinajstić information content (AvgIpc) is 2.57. The molecule has 3 aromatic rings. The zero-order valence-corrected chi connectivity index (χ0v) is 14.2. The minimum atomic E-state index is 0.301. The molecular weight excluding hydrogens is 296 g/mol. The minimum absolute atomic E-state index is 0.301. The lowest BCUT2D eigenvalue weighted by atomic mass is 10.2. The number of nitrogens with zero attached hydrogens (tertiary/aromatic N) is 2. The molecule has 0 fully saturated rings. The van der Waals surface area contributed by atoms with Gasteiger partial charge in [0.15, 0.2) is 5.82 Å². The van der Waals surface area contributed by atoms with E-state index in [2.05, 4.69) is 53.5 Å². The number of nitrogens with one attached hydrogen (secondary N) is 2. The molecule has 1 aromatic heterocycles. The van der Waals surface area contributed by atoms with Crippen LogP contribution in [0.1, 0.15) is 19.4 Å². The third-order valence-corrected chi connectivity index (χ3v) is 3.60. The van der Waals surface area contributed by atoms with Crippen LogP contribution in [-0.2, 0) is 0 Å². The van der Waals surface area contributed by atoms with Crippen LogP contribution < -0.4 is 10.6 Å². The zero-order valence-electron chi connectivity index (χ0n) is 14.2. The van der Waals surface area contributed by atoms with Crippen molar-refractivity contribution in [1.82, 2.24) is 9.97 Å². The number of aromatic nitrogens is 2. The summed E-state index contributed by atoms with van der Waals surface area (Å²) in [6, 6.07) is 20.4. The number of hydrogen-bond acceptors (Lipinski definition) is 4. The van der Waals surface area contributed by atoms with Crippen molar-refractivity contribution in [2.45, 2.75) is 26.8 Å². The van der Waals surface area contributed by atoms with E-state index in [9.17, 15) is 0 Å². The molecule has 24 heavy (non-hydrogen) atoms. The van der Waals surface area contributed by atoms with E-state index in [0.717, 1.165) is 22.9 Å². The van der Waals surface area contributed by atoms with Crippen molar-refractivity contribution in [2.24, 2.45) is 0 Å². The van der Waals surface area contributed by atoms with Crippen molar-refractivity contribution in [1.29, 1.82) is 0 Å². The van der Waals surface area contributed by atoms with Gasteiger partial charge in [0.1, 0.15) is 11.6 Å². The van der Waals surface area contributed by atoms with Gasteiger partial charge in [-0.2, -0.15) is 0 Å². The van der Waals surface area contributed by atoms with Crippen molar-refractivity contribution in [2.75, 3.05) is 10.6 Å². The largest absolute Gasteiger partial charge is 0.368 e. The van der Waals surface area contributed by atoms with Crippen LogP contribution in [-0.4, -0.2) is 16.0 Å². The summed E-state index contributed by atoms with van der Waals surface area (Å²) in [5.41, 5.74) is 3.22. The van der Waals surface area contributed by atoms with Gasteiger partial charge in [-0.15, -0.1) is 0 Å². The van der Waals surface area contributed by atoms with Gasteiger partial charge >= 0.3 is 0 Å². The van der Waals surface area contributed by atoms with Gasteiger partial charge in [0.25, 0.3) is 0 Å². The van der Waals surface area contributed by atoms with Gasteiger partial charge in [-0.25, -0.2) is 9.97 Å². The molecule has 0 atom stereocenters. The predicted molar refractivity (Wildman–Crippen MR) is 101 cm³/mol. The summed E-state index contributed by atoms with van der Waals surface area (Å²) in [5, 5.41) is 6.77. The standard InChI is InChI=1S/C20H22N4/c1-14(2)21-18-13-19(22-17-12-8-7-9-15(17)3)24-20(23-18)16-10-5-4-6-11-16/h4-14H,1-3H3,(H2,21,22,23,24). The van der Waals surface area contributed by atoms with Crippen molar-refractivity contribution < 1.29 is 0 Å². The van der Waals surface area contributed by atoms with E-state index in [-0.39, 0.29) is 0 Å². The highest BCUT2D eigenvalue weighted by Crippen LogP contribution is 2.24. The molecule has 0 bridgehead atoms. The number of aryl methyl sites for hydroxylation is 1. The molecule has 0 unspecified atom stereocenters. The highest BCUT2D eigenvalue weighted by Gasteiger charge is 2.08. The van der Waals surface area contributed by atoms with E-state index in [1.807, 2.05) is 48.5 Å². The fourth-order valence-corrected chi connectivity index (χ4v) is 2.45. The first kappa shape index (κ1) is 16.0. The first-order chi connectivity index (χ1) is 11.6. The van der Waals surface area contributed by atoms with Gasteiger partial charge < -0.3 is 10.6 Å². The monoisotopic (exact) mass is 318 g/mol. The Balaban J connectivity index is 2.00. The van der Waals surface area contributed by atoms with E-state index in [0.29, 0.717) is 11.9 Å². The summed E-state index contributed by atoms with van der Waals surface area (Å²) >= 11 is 0. The molecule has 2 N–H and O–H groups in total. The van der Waals surface area contributed by atoms with Gasteiger partial charge in [-0.05, 0) is 32.4 Å². The van der Waals surface area contributed by atoms with Gasteiger partial charge in [0.05, 0.1) is 0 Å². The molecule has 0 aliphatic rings. The molecule has 122 valence electrons. The Morgan fingerprint density at radius 3 is 2.21 bits per heavy atom. The Morgan fingerprint density at radius 2 is 1.50 bits per heavy atom. The number of para-hydroxylation sites is 1. The van der Waals surface area contributed by atoms with Crippen LogP contribution in [0.5, 0.6) is 0 Å². The van der Waals surface area contributed by atoms with Crippen LogP contribution in [0.2, 0.25) is 0 Å². The van der Waals surface area contributed by atoms with Crippen LogP contribution in [0.3, 0.4) is 0 Å². The Kier molecular flexibility index (Phi) is 4.75. The first-order valence-electron chi connectivity index (χ1n) is 8.15. The second kappa shape index (κ2) is 7.13. The molecule has 0 spiro atoms. The number of anilines is 3. The van der Waals surface area contributed by atoms with Gasteiger partial charge in [-0.1, -0.05) is 48.5 Å². The summed E-state index contributed by atoms with van der Waals surface area (Å²) in [5.74, 6) is 2.30. The zero-order chi connectivity index (χ0) is 16.9. The first-order valence-corrected chi connectivity index (χ1v) is 8.15. The lowest BCUT2D eigenvalue weighted by Crippen LogP contribution is -2.12. The van der Waals surface area contributed by atoms with Crippen molar-refractivity contribution >= 4 is 17.3 Å². The third kappa shape index (κ3) is 3.90. The summed E-state index contributed by atoms with van der Waals surface area (Å²) < 4.78 is 0. The molecule has 4 nitrogen and oxygen atoms in total. The smallest absolute Gasteiger partial charge is 0.163 e. The van der Waals surface area contributed by atoms with E-state index >= 15 is 0 Å². The second-order valence-electron chi connectivity index (χ2n) is 6.07. The van der Waals surface area contributed by atoms with Crippen LogP contribution in [0, 0.1) is 6.92 Å². The molecule has 3 rings (SSSR count). The molecule has 1 heterocycles. The molecule has 0 saturated carbocycles. The van der Waals surface area contributed by atoms with Crippen molar-refractivity contribution in [3.8, 4) is 11.4 Å². The van der Waals surface area contributed by atoms with E-state index in [1.165, 1.54) is 5.56 Å². The number of rotatable bonds is 5. The summed E-state index contributed by atoms with van der Waals surface area (Å²) in [6.07, 6.45) is 0. The van der Waals surface area contributed by atoms with E-state index in [1.54, 1.807) is 0 Å². The maximum absolute atomic E-state index is 4.69. The van der Waals surface area contributed by atoms with E-state index < -0.39 is 0 Å². The van der Waals surface area contributed by atoms with Crippen molar-refractivity contribution in [3.05, 3.63) is 66.2 Å². The molecule has 0 aliphatic carbocycles. The average molecular weight is 318 g/mol. The molecule has 0 radical (unpaired) electrons. The summed E-state index contributed by atoms with van der Waals surface area (Å²) in [4.78, 5) is 9.33. The highest BCUT2D eigenvalue weighted by atomic mass is 15.1. The van der Waals surface area contributed by atoms with Gasteiger partial charge in [0.2, 0.25) is 0 Å². The van der Waals surface area contributed by atoms with Gasteiger partial charge in [-0.3, -0.25) is 0 Å². The lowest BCUT2D eigenvalue weighted by molar-refractivity contribution is 0.887. The molecule has 0 aliphatic heterocycles. The van der Waals surface area contributed by atoms with Crippen LogP contribution >= 0.6 is 0 Å². The number of benzene rings is 2. The molecule has 4 heteroatoms. The normalized spacial score (nSPS) is 10.7. The fourth-order valence-electron chi connectivity index (χ4n) is 2.45. The Bertz CT molecular complexity index is 813. The quantitative estimate of drug-likeness (QED) is 0.694. The topological polar surface area (TPSA) is 49.8 Å². The second-order valence-corrected chi connectivity index (χ2v) is 6.07.